The summed E-state index contributed by atoms with van der Waals surface area (Å²) >= 11 is 3.41. The molecule has 0 heterocycles. The maximum Gasteiger partial charge on any atom is 0.323 e. The van der Waals surface area contributed by atoms with E-state index in [1.54, 1.807) is 6.20 Å². The Hall–Kier alpha value is -2.07. The van der Waals surface area contributed by atoms with Crippen LogP contribution < -0.4 is 10.6 Å². The summed E-state index contributed by atoms with van der Waals surface area (Å²) in [6.07, 6.45) is 3.47. The maximum atomic E-state index is 11.9. The van der Waals surface area contributed by atoms with Gasteiger partial charge in [0.25, 0.3) is 0 Å². The van der Waals surface area contributed by atoms with E-state index in [0.717, 1.165) is 26.9 Å². The second-order valence-corrected chi connectivity index (χ2v) is 5.72. The zero-order chi connectivity index (χ0) is 15.2. The van der Waals surface area contributed by atoms with Gasteiger partial charge in [-0.25, -0.2) is 4.79 Å². The number of aryl methyl sites for hydroxylation is 2. The van der Waals surface area contributed by atoms with E-state index < -0.39 is 0 Å². The molecule has 2 aromatic carbocycles. The summed E-state index contributed by atoms with van der Waals surface area (Å²) in [5.41, 5.74) is 3.98. The number of anilines is 1. The van der Waals surface area contributed by atoms with E-state index in [-0.39, 0.29) is 6.03 Å². The summed E-state index contributed by atoms with van der Waals surface area (Å²) < 4.78 is 1.00. The lowest BCUT2D eigenvalue weighted by atomic mass is 10.1. The van der Waals surface area contributed by atoms with Gasteiger partial charge in [0.2, 0.25) is 0 Å². The molecule has 0 atom stereocenters. The highest BCUT2D eigenvalue weighted by atomic mass is 79.9. The van der Waals surface area contributed by atoms with Crippen molar-refractivity contribution in [2.75, 3.05) is 5.32 Å². The minimum absolute atomic E-state index is 0.255. The Morgan fingerprint density at radius 3 is 2.71 bits per heavy atom. The predicted octanol–water partition coefficient (Wildman–Crippen LogP) is 4.86. The third-order valence-electron chi connectivity index (χ3n) is 2.98. The van der Waals surface area contributed by atoms with Crippen molar-refractivity contribution in [2.24, 2.45) is 0 Å². The number of rotatable bonds is 3. The smallest absolute Gasteiger partial charge is 0.314 e. The molecule has 4 heteroatoms. The van der Waals surface area contributed by atoms with Crippen LogP contribution in [-0.2, 0) is 0 Å². The lowest BCUT2D eigenvalue weighted by Crippen LogP contribution is -2.24. The van der Waals surface area contributed by atoms with Crippen molar-refractivity contribution in [3.63, 3.8) is 0 Å². The largest absolute Gasteiger partial charge is 0.323 e. The van der Waals surface area contributed by atoms with Gasteiger partial charge in [0.05, 0.1) is 0 Å². The summed E-state index contributed by atoms with van der Waals surface area (Å²) in [6, 6.07) is 13.5. The van der Waals surface area contributed by atoms with E-state index in [2.05, 4.69) is 26.6 Å². The van der Waals surface area contributed by atoms with Crippen LogP contribution >= 0.6 is 15.9 Å². The van der Waals surface area contributed by atoms with Gasteiger partial charge in [-0.3, -0.25) is 0 Å². The molecule has 0 aromatic heterocycles. The topological polar surface area (TPSA) is 41.1 Å². The average Bonchev–Trinajstić information content (AvgIpc) is 2.43. The van der Waals surface area contributed by atoms with Crippen LogP contribution in [0.2, 0.25) is 0 Å². The molecule has 2 amide bonds. The van der Waals surface area contributed by atoms with Gasteiger partial charge in [-0.1, -0.05) is 40.2 Å². The molecule has 0 saturated carbocycles. The highest BCUT2D eigenvalue weighted by molar-refractivity contribution is 9.10. The van der Waals surface area contributed by atoms with Gasteiger partial charge < -0.3 is 10.6 Å². The Kier molecular flexibility index (Phi) is 5.17. The van der Waals surface area contributed by atoms with E-state index in [0.29, 0.717) is 0 Å². The molecule has 0 spiro atoms. The van der Waals surface area contributed by atoms with Gasteiger partial charge in [0, 0.05) is 16.4 Å². The van der Waals surface area contributed by atoms with Crippen LogP contribution in [-0.4, -0.2) is 6.03 Å². The third kappa shape index (κ3) is 4.76. The Balaban J connectivity index is 1.94. The van der Waals surface area contributed by atoms with E-state index in [1.165, 1.54) is 0 Å². The minimum Gasteiger partial charge on any atom is -0.314 e. The molecule has 3 nitrogen and oxygen atoms in total. The van der Waals surface area contributed by atoms with Crippen LogP contribution in [0.5, 0.6) is 0 Å². The van der Waals surface area contributed by atoms with Crippen LogP contribution in [0.15, 0.2) is 53.1 Å². The molecular formula is C17H17BrN2O. The summed E-state index contributed by atoms with van der Waals surface area (Å²) in [7, 11) is 0. The van der Waals surface area contributed by atoms with Gasteiger partial charge in [0.1, 0.15) is 0 Å². The normalized spacial score (nSPS) is 10.6. The molecular weight excluding hydrogens is 328 g/mol. The highest BCUT2D eigenvalue weighted by Gasteiger charge is 2.02. The molecule has 0 fully saturated rings. The Morgan fingerprint density at radius 1 is 1.14 bits per heavy atom. The first-order valence-electron chi connectivity index (χ1n) is 6.61. The van der Waals surface area contributed by atoms with Crippen LogP contribution in [0.4, 0.5) is 10.5 Å². The summed E-state index contributed by atoms with van der Waals surface area (Å²) in [6.45, 7) is 3.96. The molecule has 2 N–H and O–H groups in total. The first-order valence-corrected chi connectivity index (χ1v) is 7.41. The number of hydrogen-bond donors (Lipinski definition) is 2. The van der Waals surface area contributed by atoms with Crippen molar-refractivity contribution < 1.29 is 4.79 Å². The molecule has 0 unspecified atom stereocenters. The lowest BCUT2D eigenvalue weighted by molar-refractivity contribution is 0.255. The molecule has 0 aliphatic carbocycles. The van der Waals surface area contributed by atoms with Crippen molar-refractivity contribution in [1.29, 1.82) is 0 Å². The lowest BCUT2D eigenvalue weighted by Gasteiger charge is -2.08. The number of hydrogen-bond acceptors (Lipinski definition) is 1. The second kappa shape index (κ2) is 7.09. The van der Waals surface area contributed by atoms with Crippen LogP contribution in [0.1, 0.15) is 16.7 Å². The number of amides is 2. The Morgan fingerprint density at radius 2 is 1.95 bits per heavy atom. The molecule has 21 heavy (non-hydrogen) atoms. The van der Waals surface area contributed by atoms with Crippen molar-refractivity contribution >= 4 is 33.7 Å². The predicted molar refractivity (Wildman–Crippen MR) is 91.2 cm³/mol. The van der Waals surface area contributed by atoms with E-state index in [1.807, 2.05) is 62.4 Å². The molecule has 0 aliphatic heterocycles. The molecule has 0 saturated heterocycles. The van der Waals surface area contributed by atoms with Crippen molar-refractivity contribution in [3.8, 4) is 0 Å². The monoisotopic (exact) mass is 344 g/mol. The molecule has 0 radical (unpaired) electrons. The van der Waals surface area contributed by atoms with Crippen LogP contribution in [0.25, 0.3) is 6.08 Å². The number of carbonyl (C=O) groups excluding carboxylic acids is 1. The number of halogens is 1. The van der Waals surface area contributed by atoms with E-state index >= 15 is 0 Å². The SMILES string of the molecule is Cc1ccc(C)c(NC(=O)N/C=C/c2cccc(Br)c2)c1. The van der Waals surface area contributed by atoms with E-state index in [4.69, 9.17) is 0 Å². The zero-order valence-electron chi connectivity index (χ0n) is 12.0. The number of nitrogens with one attached hydrogen (secondary N) is 2. The van der Waals surface area contributed by atoms with Crippen LogP contribution in [0, 0.1) is 13.8 Å². The Labute approximate surface area is 133 Å². The standard InChI is InChI=1S/C17H17BrN2O/c1-12-6-7-13(2)16(10-12)20-17(21)19-9-8-14-4-3-5-15(18)11-14/h3-11H,1-2H3,(H2,19,20,21)/b9-8+. The van der Waals surface area contributed by atoms with Crippen molar-refractivity contribution in [2.45, 2.75) is 13.8 Å². The van der Waals surface area contributed by atoms with E-state index in [9.17, 15) is 4.79 Å². The summed E-state index contributed by atoms with van der Waals surface area (Å²) in [4.78, 5) is 11.9. The fraction of sp³-hybridized carbons (Fsp3) is 0.118. The van der Waals surface area contributed by atoms with Gasteiger partial charge in [-0.15, -0.1) is 0 Å². The van der Waals surface area contributed by atoms with Gasteiger partial charge in [-0.05, 0) is 54.8 Å². The van der Waals surface area contributed by atoms with Crippen LogP contribution in [0.3, 0.4) is 0 Å². The summed E-state index contributed by atoms with van der Waals surface area (Å²) in [5.74, 6) is 0. The van der Waals surface area contributed by atoms with Crippen molar-refractivity contribution in [1.82, 2.24) is 5.32 Å². The maximum absolute atomic E-state index is 11.9. The second-order valence-electron chi connectivity index (χ2n) is 4.81. The van der Waals surface area contributed by atoms with Crippen molar-refractivity contribution in [3.05, 3.63) is 69.8 Å². The molecule has 2 rings (SSSR count). The molecule has 2 aromatic rings. The Bertz CT molecular complexity index is 680. The number of benzene rings is 2. The molecule has 108 valence electrons. The first-order chi connectivity index (χ1) is 10.0. The fourth-order valence-corrected chi connectivity index (χ4v) is 2.27. The minimum atomic E-state index is -0.255. The average molecular weight is 345 g/mol. The zero-order valence-corrected chi connectivity index (χ0v) is 13.6. The van der Waals surface area contributed by atoms with Gasteiger partial charge in [-0.2, -0.15) is 0 Å². The molecule has 0 aliphatic rings. The number of carbonyl (C=O) groups is 1. The van der Waals surface area contributed by atoms with Gasteiger partial charge >= 0.3 is 6.03 Å². The fourth-order valence-electron chi connectivity index (χ4n) is 1.85. The highest BCUT2D eigenvalue weighted by Crippen LogP contribution is 2.16. The van der Waals surface area contributed by atoms with Gasteiger partial charge in [0.15, 0.2) is 0 Å². The quantitative estimate of drug-likeness (QED) is 0.820. The number of urea groups is 1. The summed E-state index contributed by atoms with van der Waals surface area (Å²) in [5, 5.41) is 5.54. The first kappa shape index (κ1) is 15.3. The molecule has 0 bridgehead atoms. The third-order valence-corrected chi connectivity index (χ3v) is 3.47.